The van der Waals surface area contributed by atoms with Crippen LogP contribution >= 0.6 is 0 Å². The van der Waals surface area contributed by atoms with Gasteiger partial charge in [0.05, 0.1) is 14.2 Å². The maximum Gasteiger partial charge on any atom is 0.266 e. The Morgan fingerprint density at radius 1 is 1.23 bits per heavy atom. The van der Waals surface area contributed by atoms with Crippen molar-refractivity contribution in [1.29, 1.82) is 0 Å². The molecule has 0 bridgehead atoms. The van der Waals surface area contributed by atoms with Gasteiger partial charge in [-0.05, 0) is 37.0 Å². The van der Waals surface area contributed by atoms with Gasteiger partial charge in [0.15, 0.2) is 11.5 Å². The number of hydrogen-bond acceptors (Lipinski definition) is 5. The van der Waals surface area contributed by atoms with Crippen molar-refractivity contribution < 1.29 is 24.3 Å². The molecule has 144 valence electrons. The molecule has 2 amide bonds. The number of aryl methyl sites for hydroxylation is 1. The molecule has 0 aromatic heterocycles. The first kappa shape index (κ1) is 20.0. The molecule has 7 heteroatoms. The fraction of sp³-hybridized carbons (Fsp3) is 0.579. The normalized spacial score (nSPS) is 16.0. The van der Waals surface area contributed by atoms with Gasteiger partial charge in [-0.1, -0.05) is 26.2 Å². The number of nitrogens with zero attached hydrogens (tertiary/aromatic N) is 1. The molecule has 2 N–H and O–H groups in total. The minimum atomic E-state index is -0.631. The molecule has 0 unspecified atom stereocenters. The van der Waals surface area contributed by atoms with E-state index < -0.39 is 11.9 Å². The predicted octanol–water partition coefficient (Wildman–Crippen LogP) is 2.55. The Hall–Kier alpha value is -2.28. The maximum absolute atomic E-state index is 12.8. The van der Waals surface area contributed by atoms with Crippen molar-refractivity contribution >= 4 is 11.8 Å². The van der Waals surface area contributed by atoms with E-state index in [-0.39, 0.29) is 5.91 Å². The summed E-state index contributed by atoms with van der Waals surface area (Å²) in [5, 5.41) is 8.80. The molecule has 1 atom stereocenters. The van der Waals surface area contributed by atoms with Gasteiger partial charge in [0.25, 0.3) is 11.8 Å². The molecule has 1 heterocycles. The number of rotatable bonds is 9. The summed E-state index contributed by atoms with van der Waals surface area (Å²) in [7, 11) is 3.13. The van der Waals surface area contributed by atoms with Gasteiger partial charge in [0.1, 0.15) is 6.04 Å². The average molecular weight is 364 g/mol. The van der Waals surface area contributed by atoms with E-state index in [0.717, 1.165) is 31.2 Å². The van der Waals surface area contributed by atoms with Crippen LogP contribution in [0.5, 0.6) is 11.5 Å². The van der Waals surface area contributed by atoms with Crippen LogP contribution in [0, 0.1) is 0 Å². The summed E-state index contributed by atoms with van der Waals surface area (Å²) in [6, 6.07) is 2.83. The van der Waals surface area contributed by atoms with E-state index in [0.29, 0.717) is 30.0 Å². The number of carbonyl (C=O) groups excluding carboxylic acids is 2. The zero-order valence-electron chi connectivity index (χ0n) is 15.7. The van der Waals surface area contributed by atoms with Crippen LogP contribution in [-0.2, 0) is 11.2 Å². The van der Waals surface area contributed by atoms with Crippen LogP contribution < -0.4 is 15.0 Å². The molecule has 7 nitrogen and oxygen atoms in total. The number of carbonyl (C=O) groups is 2. The lowest BCUT2D eigenvalue weighted by Crippen LogP contribution is -2.57. The van der Waals surface area contributed by atoms with Gasteiger partial charge >= 0.3 is 0 Å². The maximum atomic E-state index is 12.8. The van der Waals surface area contributed by atoms with Crippen molar-refractivity contribution in [2.24, 2.45) is 0 Å². The Morgan fingerprint density at radius 2 is 2.00 bits per heavy atom. The number of methoxy groups -OCH3 is 2. The number of hydrogen-bond donors (Lipinski definition) is 2. The van der Waals surface area contributed by atoms with E-state index in [9.17, 15) is 9.59 Å². The molecule has 2 rings (SSSR count). The third-order valence-corrected chi connectivity index (χ3v) is 4.80. The Bertz CT molecular complexity index is 647. The number of amides is 2. The number of benzene rings is 1. The summed E-state index contributed by atoms with van der Waals surface area (Å²) in [5.74, 6) is 0.340. The van der Waals surface area contributed by atoms with E-state index in [1.54, 1.807) is 25.8 Å². The Labute approximate surface area is 154 Å². The fourth-order valence-corrected chi connectivity index (χ4v) is 3.24. The number of likely N-dealkylation sites (tertiary alicyclic amines) is 1. The Kier molecular flexibility index (Phi) is 7.26. The van der Waals surface area contributed by atoms with Gasteiger partial charge < -0.3 is 14.4 Å². The van der Waals surface area contributed by atoms with E-state index in [4.69, 9.17) is 14.7 Å². The third-order valence-electron chi connectivity index (χ3n) is 4.80. The summed E-state index contributed by atoms with van der Waals surface area (Å²) < 4.78 is 10.9. The smallest absolute Gasteiger partial charge is 0.266 e. The molecule has 1 saturated heterocycles. The van der Waals surface area contributed by atoms with Crippen molar-refractivity contribution in [3.63, 3.8) is 0 Å². The summed E-state index contributed by atoms with van der Waals surface area (Å²) >= 11 is 0. The first-order chi connectivity index (χ1) is 12.6. The first-order valence-corrected chi connectivity index (χ1v) is 9.07. The van der Waals surface area contributed by atoms with Crippen molar-refractivity contribution in [3.8, 4) is 11.5 Å². The van der Waals surface area contributed by atoms with Crippen LogP contribution in [0.4, 0.5) is 0 Å². The molecular formula is C19H28N2O5. The number of ether oxygens (including phenoxy) is 2. The summed E-state index contributed by atoms with van der Waals surface area (Å²) in [4.78, 5) is 25.9. The molecule has 0 radical (unpaired) electrons. The third kappa shape index (κ3) is 4.27. The molecule has 0 aliphatic carbocycles. The standard InChI is InChI=1S/C19H28N2O5/c1-4-5-6-7-8-13-11-14(12-16(25-2)17(13)26-3)19(23)21-10-9-15(21)18(22)20-24/h11-12,15,24H,4-10H2,1-3H3,(H,20,22)/t15-/m1/s1. The molecule has 26 heavy (non-hydrogen) atoms. The van der Waals surface area contributed by atoms with Crippen LogP contribution in [0.25, 0.3) is 0 Å². The minimum absolute atomic E-state index is 0.249. The fourth-order valence-electron chi connectivity index (χ4n) is 3.24. The van der Waals surface area contributed by atoms with Crippen LogP contribution in [-0.4, -0.2) is 48.7 Å². The Morgan fingerprint density at radius 3 is 2.54 bits per heavy atom. The summed E-state index contributed by atoms with van der Waals surface area (Å²) in [6.45, 7) is 2.64. The summed E-state index contributed by atoms with van der Waals surface area (Å²) in [6.07, 6.45) is 5.78. The van der Waals surface area contributed by atoms with Crippen LogP contribution in [0.2, 0.25) is 0 Å². The van der Waals surface area contributed by atoms with Crippen LogP contribution in [0.3, 0.4) is 0 Å². The lowest BCUT2D eigenvalue weighted by atomic mass is 9.97. The van der Waals surface area contributed by atoms with Gasteiger partial charge in [-0.2, -0.15) is 0 Å². The molecule has 1 aliphatic rings. The second kappa shape index (κ2) is 9.43. The van der Waals surface area contributed by atoms with Crippen LogP contribution in [0.15, 0.2) is 12.1 Å². The highest BCUT2D eigenvalue weighted by molar-refractivity contribution is 5.99. The van der Waals surface area contributed by atoms with Crippen molar-refractivity contribution in [3.05, 3.63) is 23.3 Å². The molecule has 1 aromatic rings. The van der Waals surface area contributed by atoms with Crippen molar-refractivity contribution in [2.75, 3.05) is 20.8 Å². The topological polar surface area (TPSA) is 88.1 Å². The SMILES string of the molecule is CCCCCCc1cc(C(=O)N2CC[C@@H]2C(=O)NO)cc(OC)c1OC. The second-order valence-corrected chi connectivity index (χ2v) is 6.46. The zero-order valence-corrected chi connectivity index (χ0v) is 15.7. The highest BCUT2D eigenvalue weighted by atomic mass is 16.5. The van der Waals surface area contributed by atoms with E-state index in [2.05, 4.69) is 6.92 Å². The molecule has 0 spiro atoms. The van der Waals surface area contributed by atoms with Gasteiger partial charge in [-0.25, -0.2) is 5.48 Å². The number of unbranched alkanes of at least 4 members (excludes halogenated alkanes) is 3. The van der Waals surface area contributed by atoms with Gasteiger partial charge in [0.2, 0.25) is 0 Å². The number of hydroxylamine groups is 1. The predicted molar refractivity (Wildman–Crippen MR) is 96.8 cm³/mol. The first-order valence-electron chi connectivity index (χ1n) is 9.07. The monoisotopic (exact) mass is 364 g/mol. The highest BCUT2D eigenvalue weighted by Crippen LogP contribution is 2.35. The van der Waals surface area contributed by atoms with Crippen molar-refractivity contribution in [2.45, 2.75) is 51.5 Å². The molecule has 0 saturated carbocycles. The lowest BCUT2D eigenvalue weighted by Gasteiger charge is -2.39. The highest BCUT2D eigenvalue weighted by Gasteiger charge is 2.38. The molecule has 1 fully saturated rings. The van der Waals surface area contributed by atoms with Gasteiger partial charge in [0, 0.05) is 12.1 Å². The lowest BCUT2D eigenvalue weighted by molar-refractivity contribution is -0.137. The van der Waals surface area contributed by atoms with E-state index in [1.807, 2.05) is 6.07 Å². The Balaban J connectivity index is 2.24. The van der Waals surface area contributed by atoms with Crippen molar-refractivity contribution in [1.82, 2.24) is 10.4 Å². The quantitative estimate of drug-likeness (QED) is 0.399. The largest absolute Gasteiger partial charge is 0.493 e. The molecule has 1 aliphatic heterocycles. The molecule has 1 aromatic carbocycles. The zero-order chi connectivity index (χ0) is 19.1. The summed E-state index contributed by atoms with van der Waals surface area (Å²) in [5.41, 5.74) is 3.01. The van der Waals surface area contributed by atoms with Gasteiger partial charge in [-0.3, -0.25) is 14.8 Å². The van der Waals surface area contributed by atoms with E-state index >= 15 is 0 Å². The minimum Gasteiger partial charge on any atom is -0.493 e. The van der Waals surface area contributed by atoms with E-state index in [1.165, 1.54) is 11.3 Å². The van der Waals surface area contributed by atoms with Crippen LogP contribution in [0.1, 0.15) is 54.9 Å². The second-order valence-electron chi connectivity index (χ2n) is 6.46. The van der Waals surface area contributed by atoms with Gasteiger partial charge in [-0.15, -0.1) is 0 Å². The number of nitrogens with one attached hydrogen (secondary N) is 1. The molecular weight excluding hydrogens is 336 g/mol. The average Bonchev–Trinajstić information content (AvgIpc) is 2.63.